The lowest BCUT2D eigenvalue weighted by Crippen LogP contribution is -2.53. The molecule has 0 aliphatic heterocycles. The molecule has 0 heterocycles. The number of ether oxygens (including phenoxy) is 2. The molecule has 242 valence electrons. The topological polar surface area (TPSA) is 105 Å². The van der Waals surface area contributed by atoms with E-state index in [4.69, 9.17) is 9.47 Å². The number of nitrogens with one attached hydrogen (secondary N) is 1. The van der Waals surface area contributed by atoms with Crippen LogP contribution in [0.25, 0.3) is 0 Å². The van der Waals surface area contributed by atoms with Gasteiger partial charge in [0, 0.05) is 12.6 Å². The third-order valence-electron chi connectivity index (χ3n) is 7.61. The van der Waals surface area contributed by atoms with Crippen molar-refractivity contribution in [3.8, 4) is 17.2 Å². The SMILES string of the molecule is CC[C@@H](C)NC(=O)[C@@H](CC)N(Cc1ccc(OC)cc1)C(=O)CN(c1ccc(Oc2ccccc2)cc1)S(=O)(=O)c1ccccc1. The molecule has 0 aliphatic rings. The van der Waals surface area contributed by atoms with Gasteiger partial charge >= 0.3 is 0 Å². The van der Waals surface area contributed by atoms with E-state index in [1.54, 1.807) is 61.7 Å². The molecule has 0 spiro atoms. The quantitative estimate of drug-likeness (QED) is 0.161. The maximum absolute atomic E-state index is 14.3. The fourth-order valence-corrected chi connectivity index (χ4v) is 6.28. The Morgan fingerprint density at radius 2 is 1.33 bits per heavy atom. The molecule has 46 heavy (non-hydrogen) atoms. The van der Waals surface area contributed by atoms with Gasteiger partial charge in [0.25, 0.3) is 10.0 Å². The van der Waals surface area contributed by atoms with Gasteiger partial charge < -0.3 is 19.7 Å². The smallest absolute Gasteiger partial charge is 0.264 e. The highest BCUT2D eigenvalue weighted by molar-refractivity contribution is 7.92. The van der Waals surface area contributed by atoms with Crippen LogP contribution in [0.4, 0.5) is 5.69 Å². The summed E-state index contributed by atoms with van der Waals surface area (Å²) in [6.07, 6.45) is 1.06. The molecule has 10 heteroatoms. The molecule has 9 nitrogen and oxygen atoms in total. The van der Waals surface area contributed by atoms with Crippen molar-refractivity contribution in [1.29, 1.82) is 0 Å². The van der Waals surface area contributed by atoms with Crippen molar-refractivity contribution in [2.45, 2.75) is 57.1 Å². The first-order chi connectivity index (χ1) is 22.2. The average molecular weight is 644 g/mol. The molecule has 0 bridgehead atoms. The molecule has 0 fully saturated rings. The van der Waals surface area contributed by atoms with Crippen molar-refractivity contribution >= 4 is 27.5 Å². The lowest BCUT2D eigenvalue weighted by molar-refractivity contribution is -0.140. The highest BCUT2D eigenvalue weighted by atomic mass is 32.2. The lowest BCUT2D eigenvalue weighted by Gasteiger charge is -2.33. The molecule has 0 radical (unpaired) electrons. The Morgan fingerprint density at radius 3 is 1.89 bits per heavy atom. The van der Waals surface area contributed by atoms with E-state index in [0.29, 0.717) is 23.7 Å². The van der Waals surface area contributed by atoms with Crippen molar-refractivity contribution in [2.75, 3.05) is 18.0 Å². The monoisotopic (exact) mass is 643 g/mol. The van der Waals surface area contributed by atoms with E-state index < -0.39 is 28.5 Å². The predicted octanol–water partition coefficient (Wildman–Crippen LogP) is 6.40. The van der Waals surface area contributed by atoms with Gasteiger partial charge in [0.2, 0.25) is 11.8 Å². The molecular weight excluding hydrogens is 602 g/mol. The molecule has 0 aliphatic carbocycles. The van der Waals surface area contributed by atoms with E-state index >= 15 is 0 Å². The van der Waals surface area contributed by atoms with Crippen molar-refractivity contribution in [3.05, 3.63) is 115 Å². The Morgan fingerprint density at radius 1 is 0.761 bits per heavy atom. The van der Waals surface area contributed by atoms with Crippen molar-refractivity contribution in [3.63, 3.8) is 0 Å². The van der Waals surface area contributed by atoms with Crippen LogP contribution in [0.5, 0.6) is 17.2 Å². The van der Waals surface area contributed by atoms with Gasteiger partial charge in [-0.25, -0.2) is 8.42 Å². The number of carbonyl (C=O) groups excluding carboxylic acids is 2. The number of nitrogens with zero attached hydrogens (tertiary/aromatic N) is 2. The van der Waals surface area contributed by atoms with Crippen LogP contribution in [-0.2, 0) is 26.2 Å². The number of hydrogen-bond donors (Lipinski definition) is 1. The van der Waals surface area contributed by atoms with E-state index in [1.807, 2.05) is 63.2 Å². The highest BCUT2D eigenvalue weighted by Gasteiger charge is 2.34. The van der Waals surface area contributed by atoms with Crippen LogP contribution in [0.2, 0.25) is 0 Å². The van der Waals surface area contributed by atoms with Gasteiger partial charge in [-0.05, 0) is 86.0 Å². The van der Waals surface area contributed by atoms with Crippen LogP contribution >= 0.6 is 0 Å². The molecule has 4 aromatic rings. The van der Waals surface area contributed by atoms with Crippen LogP contribution in [0.3, 0.4) is 0 Å². The first-order valence-corrected chi connectivity index (χ1v) is 16.7. The zero-order valence-electron chi connectivity index (χ0n) is 26.6. The largest absolute Gasteiger partial charge is 0.497 e. The second kappa shape index (κ2) is 15.9. The summed E-state index contributed by atoms with van der Waals surface area (Å²) in [5.74, 6) is 0.981. The summed E-state index contributed by atoms with van der Waals surface area (Å²) in [6.45, 7) is 5.27. The lowest BCUT2D eigenvalue weighted by atomic mass is 10.1. The van der Waals surface area contributed by atoms with Gasteiger partial charge in [-0.2, -0.15) is 0 Å². The number of methoxy groups -OCH3 is 1. The number of para-hydroxylation sites is 1. The summed E-state index contributed by atoms with van der Waals surface area (Å²) in [5, 5.41) is 2.99. The second-order valence-corrected chi connectivity index (χ2v) is 12.7. The van der Waals surface area contributed by atoms with Gasteiger partial charge in [0.05, 0.1) is 17.7 Å². The van der Waals surface area contributed by atoms with Gasteiger partial charge in [-0.3, -0.25) is 13.9 Å². The summed E-state index contributed by atoms with van der Waals surface area (Å²) in [7, 11) is -2.62. The number of amides is 2. The fraction of sp³-hybridized carbons (Fsp3) is 0.278. The first-order valence-electron chi connectivity index (χ1n) is 15.3. The Labute approximate surface area is 271 Å². The van der Waals surface area contributed by atoms with Crippen LogP contribution in [0, 0.1) is 0 Å². The second-order valence-electron chi connectivity index (χ2n) is 10.8. The molecular formula is C36H41N3O6S. The third kappa shape index (κ3) is 8.66. The maximum Gasteiger partial charge on any atom is 0.264 e. The Bertz CT molecular complexity index is 1660. The number of rotatable bonds is 15. The van der Waals surface area contributed by atoms with Crippen molar-refractivity contribution < 1.29 is 27.5 Å². The minimum absolute atomic E-state index is 0.0377. The zero-order valence-corrected chi connectivity index (χ0v) is 27.4. The molecule has 1 N–H and O–H groups in total. The first kappa shape index (κ1) is 34.1. The summed E-state index contributed by atoms with van der Waals surface area (Å²) in [5.41, 5.74) is 1.04. The van der Waals surface area contributed by atoms with E-state index in [1.165, 1.54) is 17.0 Å². The Hall–Kier alpha value is -4.83. The third-order valence-corrected chi connectivity index (χ3v) is 9.40. The molecule has 0 aromatic heterocycles. The van der Waals surface area contributed by atoms with Crippen LogP contribution in [-0.4, -0.2) is 50.9 Å². The molecule has 0 saturated heterocycles. The highest BCUT2D eigenvalue weighted by Crippen LogP contribution is 2.29. The number of benzene rings is 4. The number of anilines is 1. The number of sulfonamides is 1. The standard InChI is InChI=1S/C36H41N3O6S/c1-5-27(3)37-36(41)34(6-2)38(25-28-17-21-30(44-4)22-18-28)35(40)26-39(46(42,43)33-15-11-8-12-16-33)29-19-23-32(24-20-29)45-31-13-9-7-10-14-31/h7-24,27,34H,5-6,25-26H2,1-4H3,(H,37,41)/t27-,34-/m1/s1. The molecule has 2 atom stereocenters. The van der Waals surface area contributed by atoms with Gasteiger partial charge in [0.15, 0.2) is 0 Å². The fourth-order valence-electron chi connectivity index (χ4n) is 4.84. The van der Waals surface area contributed by atoms with Crippen LogP contribution in [0.15, 0.2) is 114 Å². The minimum Gasteiger partial charge on any atom is -0.497 e. The minimum atomic E-state index is -4.18. The molecule has 2 amide bonds. The van der Waals surface area contributed by atoms with Crippen molar-refractivity contribution in [2.24, 2.45) is 0 Å². The molecule has 0 unspecified atom stereocenters. The Kier molecular flexibility index (Phi) is 11.8. The Balaban J connectivity index is 1.71. The van der Waals surface area contributed by atoms with Gasteiger partial charge in [0.1, 0.15) is 29.8 Å². The van der Waals surface area contributed by atoms with E-state index in [9.17, 15) is 18.0 Å². The van der Waals surface area contributed by atoms with Gasteiger partial charge in [-0.1, -0.05) is 62.4 Å². The maximum atomic E-state index is 14.3. The average Bonchev–Trinajstić information content (AvgIpc) is 3.08. The summed E-state index contributed by atoms with van der Waals surface area (Å²) >= 11 is 0. The normalized spacial score (nSPS) is 12.4. The summed E-state index contributed by atoms with van der Waals surface area (Å²) in [6, 6.07) is 30.0. The van der Waals surface area contributed by atoms with Crippen molar-refractivity contribution in [1.82, 2.24) is 10.2 Å². The predicted molar refractivity (Wildman–Crippen MR) is 179 cm³/mol. The molecule has 0 saturated carbocycles. The van der Waals surface area contributed by atoms with E-state index in [2.05, 4.69) is 5.32 Å². The number of hydrogen-bond acceptors (Lipinski definition) is 6. The summed E-state index contributed by atoms with van der Waals surface area (Å²) < 4.78 is 40.4. The van der Waals surface area contributed by atoms with Gasteiger partial charge in [-0.15, -0.1) is 0 Å². The summed E-state index contributed by atoms with van der Waals surface area (Å²) in [4.78, 5) is 29.3. The van der Waals surface area contributed by atoms with E-state index in [0.717, 1.165) is 16.3 Å². The molecule has 4 aromatic carbocycles. The number of carbonyl (C=O) groups is 2. The molecule has 4 rings (SSSR count). The van der Waals surface area contributed by atoms with Crippen LogP contribution in [0.1, 0.15) is 39.2 Å². The van der Waals surface area contributed by atoms with Crippen LogP contribution < -0.4 is 19.1 Å². The zero-order chi connectivity index (χ0) is 33.1. The van der Waals surface area contributed by atoms with E-state index in [-0.39, 0.29) is 29.1 Å².